The highest BCUT2D eigenvalue weighted by molar-refractivity contribution is 7.47. The van der Waals surface area contributed by atoms with Crippen LogP contribution in [0.15, 0.2) is 0 Å². The molecule has 0 aromatic carbocycles. The van der Waals surface area contributed by atoms with Crippen LogP contribution < -0.4 is 0 Å². The number of esters is 1. The van der Waals surface area contributed by atoms with Crippen LogP contribution in [0.2, 0.25) is 0 Å². The Kier molecular flexibility index (Phi) is 24.5. The van der Waals surface area contributed by atoms with Gasteiger partial charge in [-0.15, -0.1) is 0 Å². The predicted octanol–water partition coefficient (Wildman–Crippen LogP) is 6.89. The van der Waals surface area contributed by atoms with Gasteiger partial charge in [0.15, 0.2) is 0 Å². The molecule has 0 spiro atoms. The van der Waals surface area contributed by atoms with E-state index in [0.717, 1.165) is 12.8 Å². The summed E-state index contributed by atoms with van der Waals surface area (Å²) in [5.41, 5.74) is 0. The number of phosphoric ester groups is 1. The van der Waals surface area contributed by atoms with Crippen molar-refractivity contribution in [3.05, 3.63) is 0 Å². The lowest BCUT2D eigenvalue weighted by atomic mass is 10.0. The van der Waals surface area contributed by atoms with E-state index in [0.29, 0.717) is 13.2 Å². The van der Waals surface area contributed by atoms with Gasteiger partial charge in [-0.1, -0.05) is 103 Å². The Balaban J connectivity index is 3.65. The molecule has 0 heterocycles. The predicted molar refractivity (Wildman–Crippen MR) is 146 cm³/mol. The minimum atomic E-state index is -4.20. The zero-order chi connectivity index (χ0) is 26.9. The molecule has 0 rings (SSSR count). The standard InChI is InChI=1S/C27H56NO7P/c1-5-6-7-8-9-10-11-12-13-14-15-16-17-18-19-20-22-32-24-27(35-26(2)29)25-34-36(30,31)33-23-21-28(3)4/h27H,5-25H2,1-4H3,(H,30,31)/t27-/m1/s1. The van der Waals surface area contributed by atoms with E-state index in [1.807, 2.05) is 19.0 Å². The first-order valence-electron chi connectivity index (χ1n) is 14.3. The zero-order valence-corrected chi connectivity index (χ0v) is 24.6. The normalized spacial score (nSPS) is 14.2. The van der Waals surface area contributed by atoms with Crippen molar-refractivity contribution >= 4 is 13.8 Å². The van der Waals surface area contributed by atoms with Gasteiger partial charge in [0.25, 0.3) is 0 Å². The molecular weight excluding hydrogens is 481 g/mol. The lowest BCUT2D eigenvalue weighted by Gasteiger charge is -2.19. The molecule has 0 fully saturated rings. The summed E-state index contributed by atoms with van der Waals surface area (Å²) in [6.45, 7) is 4.54. The summed E-state index contributed by atoms with van der Waals surface area (Å²) in [7, 11) is -0.531. The molecule has 0 aliphatic rings. The summed E-state index contributed by atoms with van der Waals surface area (Å²) in [6.07, 6.45) is 20.3. The van der Waals surface area contributed by atoms with Gasteiger partial charge >= 0.3 is 13.8 Å². The van der Waals surface area contributed by atoms with Crippen molar-refractivity contribution in [3.8, 4) is 0 Å². The van der Waals surface area contributed by atoms with Crippen molar-refractivity contribution in [3.63, 3.8) is 0 Å². The number of ether oxygens (including phenoxy) is 2. The van der Waals surface area contributed by atoms with Crippen molar-refractivity contribution in [1.82, 2.24) is 4.90 Å². The molecule has 8 nitrogen and oxygen atoms in total. The smallest absolute Gasteiger partial charge is 0.458 e. The SMILES string of the molecule is CCCCCCCCCCCCCCCCCCOC[C@H](COP(=O)(O)OCCN(C)C)OC(C)=O. The van der Waals surface area contributed by atoms with Gasteiger partial charge < -0.3 is 19.3 Å². The number of rotatable bonds is 27. The topological polar surface area (TPSA) is 94.5 Å². The van der Waals surface area contributed by atoms with Crippen molar-refractivity contribution in [2.75, 3.05) is 47.1 Å². The van der Waals surface area contributed by atoms with E-state index in [1.165, 1.54) is 96.8 Å². The number of hydrogen-bond acceptors (Lipinski definition) is 7. The molecule has 0 amide bonds. The molecule has 0 saturated carbocycles. The summed E-state index contributed by atoms with van der Waals surface area (Å²) in [5.74, 6) is -0.490. The number of carbonyl (C=O) groups excluding carboxylic acids is 1. The molecule has 0 aromatic heterocycles. The van der Waals surface area contributed by atoms with Crippen molar-refractivity contribution < 1.29 is 32.8 Å². The van der Waals surface area contributed by atoms with Crippen molar-refractivity contribution in [2.24, 2.45) is 0 Å². The Labute approximate surface area is 221 Å². The Hall–Kier alpha value is -0.500. The molecule has 36 heavy (non-hydrogen) atoms. The first kappa shape index (κ1) is 35.5. The molecule has 0 aliphatic carbocycles. The second-order valence-corrected chi connectivity index (χ2v) is 11.5. The van der Waals surface area contributed by atoms with Gasteiger partial charge in [0, 0.05) is 20.1 Å². The summed E-state index contributed by atoms with van der Waals surface area (Å²) < 4.78 is 32.6. The molecule has 0 aliphatic heterocycles. The number of likely N-dealkylation sites (N-methyl/N-ethyl adjacent to an activating group) is 1. The first-order chi connectivity index (χ1) is 17.3. The largest absolute Gasteiger partial charge is 0.472 e. The molecule has 216 valence electrons. The Morgan fingerprint density at radius 2 is 1.22 bits per heavy atom. The second-order valence-electron chi connectivity index (χ2n) is 10.0. The monoisotopic (exact) mass is 537 g/mol. The number of nitrogens with zero attached hydrogens (tertiary/aromatic N) is 1. The highest BCUT2D eigenvalue weighted by atomic mass is 31.2. The third kappa shape index (κ3) is 26.6. The van der Waals surface area contributed by atoms with Crippen LogP contribution in [0.1, 0.15) is 117 Å². The maximum absolute atomic E-state index is 11.9. The minimum Gasteiger partial charge on any atom is -0.458 e. The first-order valence-corrected chi connectivity index (χ1v) is 15.8. The maximum atomic E-state index is 11.9. The summed E-state index contributed by atoms with van der Waals surface area (Å²) >= 11 is 0. The average molecular weight is 538 g/mol. The van der Waals surface area contributed by atoms with E-state index >= 15 is 0 Å². The quantitative estimate of drug-likeness (QED) is 0.0687. The van der Waals surface area contributed by atoms with E-state index in [4.69, 9.17) is 18.5 Å². The summed E-state index contributed by atoms with van der Waals surface area (Å²) in [5, 5.41) is 0. The number of unbranched alkanes of at least 4 members (excludes halogenated alkanes) is 15. The van der Waals surface area contributed by atoms with Crippen LogP contribution in [0, 0.1) is 0 Å². The molecule has 0 aromatic rings. The highest BCUT2D eigenvalue weighted by Crippen LogP contribution is 2.43. The van der Waals surface area contributed by atoms with Crippen molar-refractivity contribution in [2.45, 2.75) is 123 Å². The lowest BCUT2D eigenvalue weighted by molar-refractivity contribution is -0.151. The summed E-state index contributed by atoms with van der Waals surface area (Å²) in [6, 6.07) is 0. The van der Waals surface area contributed by atoms with Crippen LogP contribution in [0.3, 0.4) is 0 Å². The highest BCUT2D eigenvalue weighted by Gasteiger charge is 2.24. The number of phosphoric acid groups is 1. The van der Waals surface area contributed by atoms with Crippen LogP contribution in [0.5, 0.6) is 0 Å². The van der Waals surface area contributed by atoms with Crippen LogP contribution in [0.25, 0.3) is 0 Å². The van der Waals surface area contributed by atoms with E-state index in [-0.39, 0.29) is 19.8 Å². The molecule has 0 bridgehead atoms. The van der Waals surface area contributed by atoms with E-state index in [1.54, 1.807) is 0 Å². The van der Waals surface area contributed by atoms with Crippen molar-refractivity contribution in [1.29, 1.82) is 0 Å². The Bertz CT molecular complexity index is 548. The molecular formula is C27H56NO7P. The van der Waals surface area contributed by atoms with Gasteiger partial charge in [-0.25, -0.2) is 4.57 Å². The Morgan fingerprint density at radius 3 is 1.67 bits per heavy atom. The van der Waals surface area contributed by atoms with E-state index in [2.05, 4.69) is 6.92 Å². The second kappa shape index (κ2) is 24.8. The van der Waals surface area contributed by atoms with Crippen LogP contribution in [0.4, 0.5) is 0 Å². The van der Waals surface area contributed by atoms with E-state index in [9.17, 15) is 14.3 Å². The molecule has 1 unspecified atom stereocenters. The fourth-order valence-electron chi connectivity index (χ4n) is 3.87. The third-order valence-corrected chi connectivity index (χ3v) is 6.98. The molecule has 2 atom stereocenters. The molecule has 9 heteroatoms. The molecule has 1 N–H and O–H groups in total. The maximum Gasteiger partial charge on any atom is 0.472 e. The van der Waals surface area contributed by atoms with Gasteiger partial charge in [-0.3, -0.25) is 13.8 Å². The number of carbonyl (C=O) groups is 1. The fourth-order valence-corrected chi connectivity index (χ4v) is 4.61. The van der Waals surface area contributed by atoms with Gasteiger partial charge in [-0.2, -0.15) is 0 Å². The Morgan fingerprint density at radius 1 is 0.750 bits per heavy atom. The fraction of sp³-hybridized carbons (Fsp3) is 0.963. The summed E-state index contributed by atoms with van der Waals surface area (Å²) in [4.78, 5) is 22.9. The van der Waals surface area contributed by atoms with Gasteiger partial charge in [0.05, 0.1) is 19.8 Å². The van der Waals surface area contributed by atoms with Crippen LogP contribution in [-0.4, -0.2) is 68.9 Å². The van der Waals surface area contributed by atoms with E-state index < -0.39 is 19.9 Å². The minimum absolute atomic E-state index is 0.0643. The lowest BCUT2D eigenvalue weighted by Crippen LogP contribution is -2.27. The van der Waals surface area contributed by atoms with Crippen LogP contribution in [-0.2, 0) is 27.9 Å². The average Bonchev–Trinajstić information content (AvgIpc) is 2.81. The molecule has 0 radical (unpaired) electrons. The van der Waals surface area contributed by atoms with Gasteiger partial charge in [-0.05, 0) is 20.5 Å². The van der Waals surface area contributed by atoms with Crippen LogP contribution >= 0.6 is 7.82 Å². The third-order valence-electron chi connectivity index (χ3n) is 6.00. The number of hydrogen-bond donors (Lipinski definition) is 1. The zero-order valence-electron chi connectivity index (χ0n) is 23.7. The van der Waals surface area contributed by atoms with Gasteiger partial charge in [0.2, 0.25) is 0 Å². The van der Waals surface area contributed by atoms with Gasteiger partial charge in [0.1, 0.15) is 6.10 Å². The molecule has 0 saturated heterocycles.